The monoisotopic (exact) mass is 342 g/mol. The van der Waals surface area contributed by atoms with E-state index in [-0.39, 0.29) is 6.61 Å². The van der Waals surface area contributed by atoms with E-state index in [9.17, 15) is 0 Å². The Morgan fingerprint density at radius 1 is 1.40 bits per heavy atom. The van der Waals surface area contributed by atoms with Crippen LogP contribution < -0.4 is 10.6 Å². The van der Waals surface area contributed by atoms with Crippen molar-refractivity contribution < 1.29 is 5.11 Å². The normalized spacial score (nSPS) is 15.4. The summed E-state index contributed by atoms with van der Waals surface area (Å²) in [6.45, 7) is 2.94. The van der Waals surface area contributed by atoms with Crippen molar-refractivity contribution in [2.75, 3.05) is 17.2 Å². The molecule has 0 spiro atoms. The summed E-state index contributed by atoms with van der Waals surface area (Å²) in [5.74, 6) is 2.59. The van der Waals surface area contributed by atoms with Crippen molar-refractivity contribution in [3.63, 3.8) is 0 Å². The van der Waals surface area contributed by atoms with Gasteiger partial charge in [0.05, 0.1) is 11.6 Å². The molecule has 0 radical (unpaired) electrons. The molecule has 1 saturated carbocycles. The van der Waals surface area contributed by atoms with Crippen LogP contribution in [0.15, 0.2) is 18.5 Å². The minimum Gasteiger partial charge on any atom is -0.396 e. The molecule has 1 fully saturated rings. The van der Waals surface area contributed by atoms with Crippen LogP contribution in [0.3, 0.4) is 0 Å². The Kier molecular flexibility index (Phi) is 4.22. The fourth-order valence-electron chi connectivity index (χ4n) is 2.85. The number of fused-ring (bicyclic) bond motifs is 1. The molecule has 3 heterocycles. The van der Waals surface area contributed by atoms with Gasteiger partial charge in [0.15, 0.2) is 5.82 Å². The summed E-state index contributed by atoms with van der Waals surface area (Å²) < 4.78 is 1.68. The van der Waals surface area contributed by atoms with Crippen LogP contribution in [-0.4, -0.2) is 47.7 Å². The van der Waals surface area contributed by atoms with Gasteiger partial charge in [-0.15, -0.1) is 5.10 Å². The van der Waals surface area contributed by atoms with Crippen molar-refractivity contribution in [1.82, 2.24) is 29.9 Å². The van der Waals surface area contributed by atoms with E-state index in [0.29, 0.717) is 30.8 Å². The largest absolute Gasteiger partial charge is 0.396 e. The second-order valence-electron chi connectivity index (χ2n) is 6.48. The fraction of sp³-hybridized carbons (Fsp3) is 0.500. The molecule has 1 aliphatic rings. The van der Waals surface area contributed by atoms with E-state index in [0.717, 1.165) is 22.8 Å². The van der Waals surface area contributed by atoms with E-state index in [4.69, 9.17) is 5.11 Å². The van der Waals surface area contributed by atoms with Gasteiger partial charge in [0.2, 0.25) is 5.95 Å². The molecule has 3 aromatic rings. The van der Waals surface area contributed by atoms with E-state index >= 15 is 0 Å². The molecule has 4 N–H and O–H groups in total. The molecule has 132 valence electrons. The number of aliphatic hydroxyl groups excluding tert-OH is 1. The lowest BCUT2D eigenvalue weighted by Gasteiger charge is -2.15. The van der Waals surface area contributed by atoms with Gasteiger partial charge in [-0.1, -0.05) is 5.21 Å². The average molecular weight is 342 g/mol. The van der Waals surface area contributed by atoms with Gasteiger partial charge < -0.3 is 20.7 Å². The number of nitrogens with zero attached hydrogens (tertiary/aromatic N) is 5. The molecule has 0 bridgehead atoms. The number of hydrogen-bond acceptors (Lipinski definition) is 7. The van der Waals surface area contributed by atoms with Crippen LogP contribution in [0.4, 0.5) is 17.6 Å². The van der Waals surface area contributed by atoms with Crippen molar-refractivity contribution in [3.8, 4) is 0 Å². The Balaban J connectivity index is 1.55. The zero-order valence-electron chi connectivity index (χ0n) is 14.1. The van der Waals surface area contributed by atoms with Gasteiger partial charge in [-0.3, -0.25) is 4.68 Å². The van der Waals surface area contributed by atoms with Crippen LogP contribution in [0.2, 0.25) is 0 Å². The highest BCUT2D eigenvalue weighted by Gasteiger charge is 2.28. The minimum absolute atomic E-state index is 0.128. The molecule has 9 nitrogen and oxygen atoms in total. The lowest BCUT2D eigenvalue weighted by molar-refractivity contribution is 0.276. The number of H-pyrrole nitrogens is 1. The van der Waals surface area contributed by atoms with Gasteiger partial charge in [0, 0.05) is 25.4 Å². The second-order valence-corrected chi connectivity index (χ2v) is 6.48. The summed E-state index contributed by atoms with van der Waals surface area (Å²) in [4.78, 5) is 12.3. The van der Waals surface area contributed by atoms with Crippen LogP contribution in [0, 0.1) is 5.92 Å². The molecule has 1 aliphatic carbocycles. The Morgan fingerprint density at radius 3 is 3.08 bits per heavy atom. The molecule has 4 rings (SSSR count). The number of rotatable bonds is 8. The van der Waals surface area contributed by atoms with Crippen molar-refractivity contribution in [2.45, 2.75) is 38.8 Å². The number of anilines is 3. The number of hydrogen-bond donors (Lipinski definition) is 4. The second kappa shape index (κ2) is 6.67. The van der Waals surface area contributed by atoms with E-state index in [1.54, 1.807) is 10.9 Å². The zero-order chi connectivity index (χ0) is 17.2. The number of nitrogens with one attached hydrogen (secondary N) is 3. The molecular formula is C16H22N8O. The van der Waals surface area contributed by atoms with Gasteiger partial charge in [0.1, 0.15) is 11.5 Å². The standard InChI is InChI=1S/C16H22N8O/c1-10(11-3-4-11)18-15-12-5-6-17-14(12)20-16(21-15)19-13-9-24(23-22-13)7-2-8-25/h5-6,9-11,25H,2-4,7-8H2,1H3,(H3,17,18,19,20,21)/t10-/m0/s1. The molecule has 0 aliphatic heterocycles. The molecule has 0 unspecified atom stereocenters. The van der Waals surface area contributed by atoms with Gasteiger partial charge in [-0.2, -0.15) is 9.97 Å². The Bertz CT molecular complexity index is 853. The highest BCUT2D eigenvalue weighted by Crippen LogP contribution is 2.34. The van der Waals surface area contributed by atoms with Crippen LogP contribution in [0.25, 0.3) is 11.0 Å². The molecule has 0 aromatic carbocycles. The predicted molar refractivity (Wildman–Crippen MR) is 94.7 cm³/mol. The Labute approximate surface area is 144 Å². The Hall–Kier alpha value is -2.68. The lowest BCUT2D eigenvalue weighted by atomic mass is 10.2. The van der Waals surface area contributed by atoms with Crippen molar-refractivity contribution in [1.29, 1.82) is 0 Å². The topological polar surface area (TPSA) is 117 Å². The first-order valence-electron chi connectivity index (χ1n) is 8.62. The summed E-state index contributed by atoms with van der Waals surface area (Å²) >= 11 is 0. The maximum Gasteiger partial charge on any atom is 0.232 e. The van der Waals surface area contributed by atoms with Gasteiger partial charge in [0.25, 0.3) is 0 Å². The molecule has 0 amide bonds. The maximum absolute atomic E-state index is 8.89. The van der Waals surface area contributed by atoms with Gasteiger partial charge in [-0.25, -0.2) is 0 Å². The molecule has 1 atom stereocenters. The SMILES string of the molecule is C[C@H](Nc1nc(Nc2cn(CCCO)nn2)nc2[nH]ccc12)C1CC1. The third kappa shape index (κ3) is 3.55. The van der Waals surface area contributed by atoms with Gasteiger partial charge >= 0.3 is 0 Å². The lowest BCUT2D eigenvalue weighted by Crippen LogP contribution is -2.18. The van der Waals surface area contributed by atoms with E-state index in [1.807, 2.05) is 12.3 Å². The third-order valence-electron chi connectivity index (χ3n) is 4.43. The first-order chi connectivity index (χ1) is 12.2. The van der Waals surface area contributed by atoms with E-state index in [1.165, 1.54) is 12.8 Å². The summed E-state index contributed by atoms with van der Waals surface area (Å²) in [5.41, 5.74) is 0.774. The summed E-state index contributed by atoms with van der Waals surface area (Å²) in [7, 11) is 0. The first kappa shape index (κ1) is 15.8. The number of aromatic amines is 1. The number of aryl methyl sites for hydroxylation is 1. The molecule has 9 heteroatoms. The van der Waals surface area contributed by atoms with Gasteiger partial charge in [-0.05, 0) is 38.2 Å². The van der Waals surface area contributed by atoms with Crippen molar-refractivity contribution >= 4 is 28.6 Å². The maximum atomic E-state index is 8.89. The summed E-state index contributed by atoms with van der Waals surface area (Å²) in [6.07, 6.45) is 6.83. The molecule has 3 aromatic heterocycles. The van der Waals surface area contributed by atoms with Crippen molar-refractivity contribution in [2.24, 2.45) is 5.92 Å². The smallest absolute Gasteiger partial charge is 0.232 e. The van der Waals surface area contributed by atoms with Crippen LogP contribution in [-0.2, 0) is 6.54 Å². The molecular weight excluding hydrogens is 320 g/mol. The van der Waals surface area contributed by atoms with Crippen molar-refractivity contribution in [3.05, 3.63) is 18.5 Å². The Morgan fingerprint density at radius 2 is 2.28 bits per heavy atom. The van der Waals surface area contributed by atoms with E-state index in [2.05, 4.69) is 42.8 Å². The van der Waals surface area contributed by atoms with Crippen LogP contribution in [0.5, 0.6) is 0 Å². The van der Waals surface area contributed by atoms with Crippen LogP contribution >= 0.6 is 0 Å². The average Bonchev–Trinajstić information content (AvgIpc) is 3.19. The zero-order valence-corrected chi connectivity index (χ0v) is 14.1. The van der Waals surface area contributed by atoms with Crippen LogP contribution in [0.1, 0.15) is 26.2 Å². The minimum atomic E-state index is 0.128. The predicted octanol–water partition coefficient (Wildman–Crippen LogP) is 1.89. The molecule has 25 heavy (non-hydrogen) atoms. The number of aliphatic hydroxyl groups is 1. The van der Waals surface area contributed by atoms with E-state index < -0.39 is 0 Å². The fourth-order valence-corrected chi connectivity index (χ4v) is 2.85. The highest BCUT2D eigenvalue weighted by atomic mass is 16.3. The third-order valence-corrected chi connectivity index (χ3v) is 4.43. The quantitative estimate of drug-likeness (QED) is 0.494. The summed E-state index contributed by atoms with van der Waals surface area (Å²) in [6, 6.07) is 2.37. The highest BCUT2D eigenvalue weighted by molar-refractivity contribution is 5.88. The molecule has 0 saturated heterocycles. The number of aromatic nitrogens is 6. The summed E-state index contributed by atoms with van der Waals surface area (Å²) in [5, 5.41) is 24.6. The first-order valence-corrected chi connectivity index (χ1v) is 8.62.